The lowest BCUT2D eigenvalue weighted by atomic mass is 10.2. The topological polar surface area (TPSA) is 80.3 Å². The Morgan fingerprint density at radius 1 is 1.04 bits per heavy atom. The van der Waals surface area contributed by atoms with Crippen LogP contribution in [0.5, 0.6) is 5.75 Å². The molecule has 0 fully saturated rings. The molecule has 0 bridgehead atoms. The molecule has 2 amide bonds. The van der Waals surface area contributed by atoms with E-state index in [1.807, 2.05) is 36.6 Å². The fourth-order valence-corrected chi connectivity index (χ4v) is 3.14. The predicted octanol–water partition coefficient (Wildman–Crippen LogP) is 4.42. The fourth-order valence-electron chi connectivity index (χ4n) is 2.43. The third kappa shape index (κ3) is 4.92. The van der Waals surface area contributed by atoms with E-state index in [9.17, 15) is 9.59 Å². The van der Waals surface area contributed by atoms with Gasteiger partial charge in [0.2, 0.25) is 5.91 Å². The Labute approximate surface area is 161 Å². The Morgan fingerprint density at radius 2 is 1.74 bits per heavy atom. The first kappa shape index (κ1) is 18.6. The standard InChI is InChI=1S/C20H19N3O3S/c1-3-26-17-10-6-14(7-11-17)18-12-27-20(22-18)23-19(25)15-4-8-16(9-5-15)21-13(2)24/h4-12H,3H2,1-2H3,(H,21,24)(H,22,23,25). The van der Waals surface area contributed by atoms with Gasteiger partial charge in [-0.3, -0.25) is 14.9 Å². The molecule has 0 aliphatic carbocycles. The molecular weight excluding hydrogens is 362 g/mol. The van der Waals surface area contributed by atoms with Crippen molar-refractivity contribution < 1.29 is 14.3 Å². The number of amides is 2. The molecule has 3 aromatic rings. The number of thiazole rings is 1. The van der Waals surface area contributed by atoms with Crippen LogP contribution in [0.3, 0.4) is 0 Å². The minimum Gasteiger partial charge on any atom is -0.494 e. The highest BCUT2D eigenvalue weighted by Crippen LogP contribution is 2.27. The quantitative estimate of drug-likeness (QED) is 0.662. The first-order chi connectivity index (χ1) is 13.0. The van der Waals surface area contributed by atoms with Gasteiger partial charge in [0.15, 0.2) is 5.13 Å². The predicted molar refractivity (Wildman–Crippen MR) is 107 cm³/mol. The maximum absolute atomic E-state index is 12.4. The number of anilines is 2. The summed E-state index contributed by atoms with van der Waals surface area (Å²) in [5.41, 5.74) is 2.88. The second-order valence-corrected chi connectivity index (χ2v) is 6.57. The summed E-state index contributed by atoms with van der Waals surface area (Å²) in [5.74, 6) is 0.404. The van der Waals surface area contributed by atoms with Crippen LogP contribution < -0.4 is 15.4 Å². The Bertz CT molecular complexity index is 934. The van der Waals surface area contributed by atoms with E-state index in [1.54, 1.807) is 24.3 Å². The molecule has 2 N–H and O–H groups in total. The molecule has 1 heterocycles. The molecule has 3 rings (SSSR count). The van der Waals surface area contributed by atoms with Crippen molar-refractivity contribution in [3.8, 4) is 17.0 Å². The molecular formula is C20H19N3O3S. The van der Waals surface area contributed by atoms with Crippen molar-refractivity contribution in [2.75, 3.05) is 17.2 Å². The molecule has 0 aliphatic rings. The maximum atomic E-state index is 12.4. The van der Waals surface area contributed by atoms with Crippen LogP contribution in [0.25, 0.3) is 11.3 Å². The zero-order chi connectivity index (χ0) is 19.2. The molecule has 1 aromatic heterocycles. The van der Waals surface area contributed by atoms with Crippen LogP contribution in [0.4, 0.5) is 10.8 Å². The summed E-state index contributed by atoms with van der Waals surface area (Å²) in [4.78, 5) is 27.9. The van der Waals surface area contributed by atoms with Gasteiger partial charge >= 0.3 is 0 Å². The van der Waals surface area contributed by atoms with Crippen molar-refractivity contribution in [3.05, 3.63) is 59.5 Å². The van der Waals surface area contributed by atoms with Crippen LogP contribution in [-0.2, 0) is 4.79 Å². The largest absolute Gasteiger partial charge is 0.494 e. The third-order valence-corrected chi connectivity index (χ3v) is 4.41. The first-order valence-corrected chi connectivity index (χ1v) is 9.31. The van der Waals surface area contributed by atoms with Gasteiger partial charge in [-0.2, -0.15) is 0 Å². The molecule has 0 saturated carbocycles. The van der Waals surface area contributed by atoms with Crippen molar-refractivity contribution in [1.29, 1.82) is 0 Å². The van der Waals surface area contributed by atoms with Gasteiger partial charge < -0.3 is 10.1 Å². The molecule has 7 heteroatoms. The number of benzene rings is 2. The maximum Gasteiger partial charge on any atom is 0.257 e. The summed E-state index contributed by atoms with van der Waals surface area (Å²) in [5, 5.41) is 7.88. The summed E-state index contributed by atoms with van der Waals surface area (Å²) < 4.78 is 5.44. The van der Waals surface area contributed by atoms with Gasteiger partial charge in [-0.1, -0.05) is 0 Å². The molecule has 6 nitrogen and oxygen atoms in total. The third-order valence-electron chi connectivity index (χ3n) is 3.65. The number of ether oxygens (including phenoxy) is 1. The average molecular weight is 381 g/mol. The van der Waals surface area contributed by atoms with E-state index in [2.05, 4.69) is 15.6 Å². The molecule has 0 atom stereocenters. The minimum absolute atomic E-state index is 0.156. The van der Waals surface area contributed by atoms with E-state index in [0.29, 0.717) is 23.0 Å². The summed E-state index contributed by atoms with van der Waals surface area (Å²) >= 11 is 1.36. The number of hydrogen-bond acceptors (Lipinski definition) is 5. The van der Waals surface area contributed by atoms with E-state index in [0.717, 1.165) is 17.0 Å². The molecule has 0 saturated heterocycles. The lowest BCUT2D eigenvalue weighted by Crippen LogP contribution is -2.12. The Kier molecular flexibility index (Phi) is 5.83. The second kappa shape index (κ2) is 8.46. The minimum atomic E-state index is -0.253. The second-order valence-electron chi connectivity index (χ2n) is 5.71. The molecule has 0 aliphatic heterocycles. The number of carbonyl (C=O) groups is 2. The van der Waals surface area contributed by atoms with Crippen LogP contribution in [0.15, 0.2) is 53.9 Å². The number of aromatic nitrogens is 1. The molecule has 0 spiro atoms. The van der Waals surface area contributed by atoms with Gasteiger partial charge in [0, 0.05) is 29.1 Å². The smallest absolute Gasteiger partial charge is 0.257 e. The summed E-state index contributed by atoms with van der Waals surface area (Å²) in [6.07, 6.45) is 0. The lowest BCUT2D eigenvalue weighted by molar-refractivity contribution is -0.114. The van der Waals surface area contributed by atoms with Crippen LogP contribution in [0.2, 0.25) is 0 Å². The summed E-state index contributed by atoms with van der Waals surface area (Å²) in [7, 11) is 0. The summed E-state index contributed by atoms with van der Waals surface area (Å²) in [6, 6.07) is 14.3. The van der Waals surface area contributed by atoms with Crippen LogP contribution in [-0.4, -0.2) is 23.4 Å². The number of hydrogen-bond donors (Lipinski definition) is 2. The number of nitrogens with one attached hydrogen (secondary N) is 2. The van der Waals surface area contributed by atoms with Gasteiger partial charge in [0.05, 0.1) is 12.3 Å². The van der Waals surface area contributed by atoms with Gasteiger partial charge in [-0.25, -0.2) is 4.98 Å². The highest BCUT2D eigenvalue weighted by atomic mass is 32.1. The normalized spacial score (nSPS) is 10.3. The van der Waals surface area contributed by atoms with Crippen LogP contribution in [0.1, 0.15) is 24.2 Å². The lowest BCUT2D eigenvalue weighted by Gasteiger charge is -2.05. The SMILES string of the molecule is CCOc1ccc(-c2csc(NC(=O)c3ccc(NC(C)=O)cc3)n2)cc1. The zero-order valence-electron chi connectivity index (χ0n) is 15.0. The van der Waals surface area contributed by atoms with E-state index in [1.165, 1.54) is 18.3 Å². The monoisotopic (exact) mass is 381 g/mol. The van der Waals surface area contributed by atoms with Crippen molar-refractivity contribution >= 4 is 34.0 Å². The van der Waals surface area contributed by atoms with Gasteiger partial charge in [-0.05, 0) is 55.5 Å². The number of nitrogens with zero attached hydrogens (tertiary/aromatic N) is 1. The number of carbonyl (C=O) groups excluding carboxylic acids is 2. The van der Waals surface area contributed by atoms with E-state index >= 15 is 0 Å². The van der Waals surface area contributed by atoms with Crippen molar-refractivity contribution in [2.45, 2.75) is 13.8 Å². The molecule has 0 unspecified atom stereocenters. The Balaban J connectivity index is 1.66. The molecule has 27 heavy (non-hydrogen) atoms. The Morgan fingerprint density at radius 3 is 2.37 bits per heavy atom. The number of rotatable bonds is 6. The van der Waals surface area contributed by atoms with E-state index in [4.69, 9.17) is 4.74 Å². The first-order valence-electron chi connectivity index (χ1n) is 8.43. The van der Waals surface area contributed by atoms with Crippen molar-refractivity contribution in [3.63, 3.8) is 0 Å². The molecule has 2 aromatic carbocycles. The Hall–Kier alpha value is -3.19. The van der Waals surface area contributed by atoms with Gasteiger partial charge in [0.25, 0.3) is 5.91 Å². The van der Waals surface area contributed by atoms with Gasteiger partial charge in [-0.15, -0.1) is 11.3 Å². The van der Waals surface area contributed by atoms with Crippen molar-refractivity contribution in [2.24, 2.45) is 0 Å². The highest BCUT2D eigenvalue weighted by Gasteiger charge is 2.10. The highest BCUT2D eigenvalue weighted by molar-refractivity contribution is 7.14. The summed E-state index contributed by atoms with van der Waals surface area (Å²) in [6.45, 7) is 4.00. The molecule has 138 valence electrons. The van der Waals surface area contributed by atoms with Crippen molar-refractivity contribution in [1.82, 2.24) is 4.98 Å². The van der Waals surface area contributed by atoms with E-state index in [-0.39, 0.29) is 11.8 Å². The van der Waals surface area contributed by atoms with Crippen LogP contribution in [0, 0.1) is 0 Å². The zero-order valence-corrected chi connectivity index (χ0v) is 15.8. The fraction of sp³-hybridized carbons (Fsp3) is 0.150. The van der Waals surface area contributed by atoms with Gasteiger partial charge in [0.1, 0.15) is 5.75 Å². The van der Waals surface area contributed by atoms with E-state index < -0.39 is 0 Å². The van der Waals surface area contributed by atoms with Crippen LogP contribution >= 0.6 is 11.3 Å². The molecule has 0 radical (unpaired) electrons. The average Bonchev–Trinajstić information content (AvgIpc) is 3.11.